The molecule has 0 spiro atoms. The number of rotatable bonds is 8. The van der Waals surface area contributed by atoms with E-state index in [4.69, 9.17) is 10.5 Å². The van der Waals surface area contributed by atoms with Crippen LogP contribution in [-0.2, 0) is 0 Å². The molecule has 4 heteroatoms. The highest BCUT2D eigenvalue weighted by molar-refractivity contribution is 7.99. The second-order valence-corrected chi connectivity index (χ2v) is 5.92. The SMILES string of the molecule is CCCCCSc1ccc(N)c(OCC(C)C)n1. The largest absolute Gasteiger partial charge is 0.476 e. The van der Waals surface area contributed by atoms with Gasteiger partial charge in [-0.25, -0.2) is 4.98 Å². The molecule has 0 radical (unpaired) electrons. The van der Waals surface area contributed by atoms with Crippen LogP contribution in [0.3, 0.4) is 0 Å². The predicted molar refractivity (Wildman–Crippen MR) is 79.2 cm³/mol. The minimum Gasteiger partial charge on any atom is -0.476 e. The van der Waals surface area contributed by atoms with E-state index in [1.807, 2.05) is 12.1 Å². The van der Waals surface area contributed by atoms with Gasteiger partial charge in [0, 0.05) is 0 Å². The summed E-state index contributed by atoms with van der Waals surface area (Å²) in [7, 11) is 0. The number of aromatic nitrogens is 1. The van der Waals surface area contributed by atoms with E-state index in [-0.39, 0.29) is 0 Å². The van der Waals surface area contributed by atoms with Gasteiger partial charge in [-0.05, 0) is 30.2 Å². The van der Waals surface area contributed by atoms with Crippen molar-refractivity contribution in [2.75, 3.05) is 18.1 Å². The number of nitrogen functional groups attached to an aromatic ring is 1. The fourth-order valence-electron chi connectivity index (χ4n) is 1.40. The van der Waals surface area contributed by atoms with E-state index in [0.717, 1.165) is 10.8 Å². The Labute approximate surface area is 115 Å². The molecule has 0 aliphatic carbocycles. The second-order valence-electron chi connectivity index (χ2n) is 4.80. The summed E-state index contributed by atoms with van der Waals surface area (Å²) >= 11 is 1.77. The first kappa shape index (κ1) is 15.2. The number of unbranched alkanes of at least 4 members (excludes halogenated alkanes) is 2. The molecule has 0 aliphatic rings. The summed E-state index contributed by atoms with van der Waals surface area (Å²) in [6.07, 6.45) is 3.76. The zero-order valence-electron chi connectivity index (χ0n) is 11.6. The van der Waals surface area contributed by atoms with Crippen molar-refractivity contribution in [3.63, 3.8) is 0 Å². The van der Waals surface area contributed by atoms with E-state index in [2.05, 4.69) is 25.8 Å². The number of thioether (sulfide) groups is 1. The Hall–Kier alpha value is -0.900. The van der Waals surface area contributed by atoms with Gasteiger partial charge in [-0.3, -0.25) is 0 Å². The molecule has 0 saturated heterocycles. The van der Waals surface area contributed by atoms with Crippen LogP contribution in [-0.4, -0.2) is 17.3 Å². The molecule has 0 saturated carbocycles. The molecule has 3 nitrogen and oxygen atoms in total. The molecule has 0 atom stereocenters. The third-order valence-electron chi connectivity index (χ3n) is 2.42. The fraction of sp³-hybridized carbons (Fsp3) is 0.643. The standard InChI is InChI=1S/C14H24N2OS/c1-4-5-6-9-18-13-8-7-12(15)14(16-13)17-10-11(2)3/h7-8,11H,4-6,9-10,15H2,1-3H3. The van der Waals surface area contributed by atoms with Crippen molar-refractivity contribution in [2.24, 2.45) is 5.92 Å². The van der Waals surface area contributed by atoms with Crippen molar-refractivity contribution >= 4 is 17.4 Å². The van der Waals surface area contributed by atoms with Crippen molar-refractivity contribution < 1.29 is 4.74 Å². The number of nitrogens with zero attached hydrogens (tertiary/aromatic N) is 1. The van der Waals surface area contributed by atoms with Crippen LogP contribution >= 0.6 is 11.8 Å². The van der Waals surface area contributed by atoms with E-state index < -0.39 is 0 Å². The lowest BCUT2D eigenvalue weighted by atomic mass is 10.2. The van der Waals surface area contributed by atoms with Crippen molar-refractivity contribution in [2.45, 2.75) is 45.1 Å². The summed E-state index contributed by atoms with van der Waals surface area (Å²) in [5, 5.41) is 0.999. The minimum absolute atomic E-state index is 0.479. The van der Waals surface area contributed by atoms with E-state index in [9.17, 15) is 0 Å². The molecule has 0 aromatic carbocycles. The van der Waals surface area contributed by atoms with Crippen molar-refractivity contribution in [3.8, 4) is 5.88 Å². The summed E-state index contributed by atoms with van der Waals surface area (Å²) in [6.45, 7) is 7.09. The van der Waals surface area contributed by atoms with Gasteiger partial charge >= 0.3 is 0 Å². The third kappa shape index (κ3) is 5.63. The van der Waals surface area contributed by atoms with Crippen LogP contribution in [0.5, 0.6) is 5.88 Å². The third-order valence-corrected chi connectivity index (χ3v) is 3.43. The van der Waals surface area contributed by atoms with Gasteiger partial charge in [-0.2, -0.15) is 0 Å². The highest BCUT2D eigenvalue weighted by Crippen LogP contribution is 2.25. The zero-order chi connectivity index (χ0) is 13.4. The lowest BCUT2D eigenvalue weighted by Gasteiger charge is -2.11. The van der Waals surface area contributed by atoms with Gasteiger partial charge in [0.05, 0.1) is 12.3 Å². The predicted octanol–water partition coefficient (Wildman–Crippen LogP) is 3.98. The smallest absolute Gasteiger partial charge is 0.238 e. The molecule has 1 aromatic rings. The highest BCUT2D eigenvalue weighted by atomic mass is 32.2. The molecule has 0 amide bonds. The molecular weight excluding hydrogens is 244 g/mol. The second kappa shape index (κ2) is 8.25. The summed E-state index contributed by atoms with van der Waals surface area (Å²) in [6, 6.07) is 3.85. The van der Waals surface area contributed by atoms with Gasteiger partial charge in [-0.1, -0.05) is 33.6 Å². The number of hydrogen-bond acceptors (Lipinski definition) is 4. The molecule has 18 heavy (non-hydrogen) atoms. The number of nitrogens with two attached hydrogens (primary N) is 1. The summed E-state index contributed by atoms with van der Waals surface area (Å²) in [5.74, 6) is 2.16. The summed E-state index contributed by atoms with van der Waals surface area (Å²) in [5.41, 5.74) is 6.47. The van der Waals surface area contributed by atoms with Crippen LogP contribution in [0.25, 0.3) is 0 Å². The van der Waals surface area contributed by atoms with E-state index in [1.165, 1.54) is 19.3 Å². The Morgan fingerprint density at radius 1 is 1.33 bits per heavy atom. The zero-order valence-corrected chi connectivity index (χ0v) is 12.4. The quantitative estimate of drug-likeness (QED) is 0.572. The van der Waals surface area contributed by atoms with Gasteiger partial charge in [0.25, 0.3) is 0 Å². The maximum atomic E-state index is 5.86. The Bertz CT molecular complexity index is 356. The van der Waals surface area contributed by atoms with Gasteiger partial charge in [0.15, 0.2) is 0 Å². The van der Waals surface area contributed by atoms with Gasteiger partial charge < -0.3 is 10.5 Å². The molecule has 0 bridgehead atoms. The van der Waals surface area contributed by atoms with Crippen LogP contribution in [0.2, 0.25) is 0 Å². The summed E-state index contributed by atoms with van der Waals surface area (Å²) in [4.78, 5) is 4.46. The lowest BCUT2D eigenvalue weighted by molar-refractivity contribution is 0.261. The average molecular weight is 268 g/mol. The molecule has 2 N–H and O–H groups in total. The first-order valence-corrected chi connectivity index (χ1v) is 7.64. The van der Waals surface area contributed by atoms with E-state index in [1.54, 1.807) is 11.8 Å². The molecule has 102 valence electrons. The van der Waals surface area contributed by atoms with Crippen LogP contribution in [0.15, 0.2) is 17.2 Å². The maximum Gasteiger partial charge on any atom is 0.238 e. The Balaban J connectivity index is 2.51. The molecule has 0 aliphatic heterocycles. The normalized spacial score (nSPS) is 10.9. The van der Waals surface area contributed by atoms with Crippen LogP contribution in [0, 0.1) is 5.92 Å². The van der Waals surface area contributed by atoms with Crippen LogP contribution in [0.4, 0.5) is 5.69 Å². The molecular formula is C14H24N2OS. The first-order chi connectivity index (χ1) is 8.63. The Kier molecular flexibility index (Phi) is 6.94. The monoisotopic (exact) mass is 268 g/mol. The maximum absolute atomic E-state index is 5.86. The average Bonchev–Trinajstić information content (AvgIpc) is 2.34. The van der Waals surface area contributed by atoms with Gasteiger partial charge in [0.1, 0.15) is 5.03 Å². The number of pyridine rings is 1. The number of anilines is 1. The lowest BCUT2D eigenvalue weighted by Crippen LogP contribution is -2.07. The van der Waals surface area contributed by atoms with Gasteiger partial charge in [0.2, 0.25) is 5.88 Å². The van der Waals surface area contributed by atoms with Crippen molar-refractivity contribution in [1.82, 2.24) is 4.98 Å². The fourth-order valence-corrected chi connectivity index (χ4v) is 2.27. The van der Waals surface area contributed by atoms with Crippen LogP contribution < -0.4 is 10.5 Å². The topological polar surface area (TPSA) is 48.1 Å². The van der Waals surface area contributed by atoms with Crippen molar-refractivity contribution in [1.29, 1.82) is 0 Å². The van der Waals surface area contributed by atoms with Gasteiger partial charge in [-0.15, -0.1) is 11.8 Å². The Morgan fingerprint density at radius 3 is 2.78 bits per heavy atom. The number of hydrogen-bond donors (Lipinski definition) is 1. The first-order valence-electron chi connectivity index (χ1n) is 6.65. The van der Waals surface area contributed by atoms with E-state index in [0.29, 0.717) is 24.1 Å². The molecule has 1 rings (SSSR count). The van der Waals surface area contributed by atoms with E-state index >= 15 is 0 Å². The molecule has 1 aromatic heterocycles. The minimum atomic E-state index is 0.479. The highest BCUT2D eigenvalue weighted by Gasteiger charge is 2.06. The molecule has 0 unspecified atom stereocenters. The van der Waals surface area contributed by atoms with Crippen molar-refractivity contribution in [3.05, 3.63) is 12.1 Å². The molecule has 1 heterocycles. The Morgan fingerprint density at radius 2 is 2.11 bits per heavy atom. The molecule has 0 fully saturated rings. The number of ether oxygens (including phenoxy) is 1. The van der Waals surface area contributed by atoms with Crippen LogP contribution in [0.1, 0.15) is 40.0 Å². The summed E-state index contributed by atoms with van der Waals surface area (Å²) < 4.78 is 5.62.